The number of Topliss-reactive ketones (excluding diaryl/α,β-unsaturated/α-hetero) is 1. The molecule has 0 saturated carbocycles. The van der Waals surface area contributed by atoms with Gasteiger partial charge in [-0.3, -0.25) is 4.79 Å². The largest absolute Gasteiger partial charge is 0.463 e. The van der Waals surface area contributed by atoms with Gasteiger partial charge in [0.1, 0.15) is 5.75 Å². The van der Waals surface area contributed by atoms with E-state index in [1.54, 1.807) is 6.07 Å². The molecule has 0 radical (unpaired) electrons. The first-order valence-corrected chi connectivity index (χ1v) is 11.8. The molecular weight excluding hydrogens is 438 g/mol. The van der Waals surface area contributed by atoms with Crippen molar-refractivity contribution in [1.82, 2.24) is 0 Å². The normalized spacial score (nSPS) is 19.9. The van der Waals surface area contributed by atoms with Crippen molar-refractivity contribution in [2.24, 2.45) is 0 Å². The number of methoxy groups -OCH3 is 2. The molecule has 1 spiro atoms. The van der Waals surface area contributed by atoms with E-state index >= 15 is 0 Å². The number of ketones is 1. The minimum Gasteiger partial charge on any atom is -0.463 e. The molecule has 2 aliphatic rings. The summed E-state index contributed by atoms with van der Waals surface area (Å²) in [5, 5.41) is 0. The van der Waals surface area contributed by atoms with Crippen molar-refractivity contribution in [2.75, 3.05) is 26.2 Å². The van der Waals surface area contributed by atoms with Crippen LogP contribution in [0, 0.1) is 6.92 Å². The monoisotopic (exact) mass is 469 g/mol. The second kappa shape index (κ2) is 8.08. The standard InChI is InChI=1S/C30H31NO4/c1-20-12-14-25-24(18-20)28(2,3)29(31(25)4)17-16-21-19-22(13-15-26(21)35-29)27(32)30(33-5,34-6)23-10-8-7-9-11-23/h7-19H,1-6H3. The summed E-state index contributed by atoms with van der Waals surface area (Å²) in [6, 6.07) is 21.3. The molecule has 0 N–H and O–H groups in total. The van der Waals surface area contributed by atoms with Crippen molar-refractivity contribution in [3.63, 3.8) is 0 Å². The Kier molecular flexibility index (Phi) is 5.38. The second-order valence-electron chi connectivity index (χ2n) is 9.81. The number of rotatable bonds is 5. The van der Waals surface area contributed by atoms with E-state index in [1.807, 2.05) is 42.5 Å². The summed E-state index contributed by atoms with van der Waals surface area (Å²) < 4.78 is 18.1. The third-order valence-corrected chi connectivity index (χ3v) is 7.63. The maximum absolute atomic E-state index is 13.7. The zero-order chi connectivity index (χ0) is 25.0. The van der Waals surface area contributed by atoms with Crippen LogP contribution in [0.1, 0.15) is 46.5 Å². The number of carbonyl (C=O) groups excluding carboxylic acids is 1. The molecule has 0 saturated heterocycles. The Morgan fingerprint density at radius 1 is 0.971 bits per heavy atom. The van der Waals surface area contributed by atoms with Gasteiger partial charge in [0.25, 0.3) is 5.79 Å². The van der Waals surface area contributed by atoms with Gasteiger partial charge in [-0.15, -0.1) is 0 Å². The third kappa shape index (κ3) is 3.19. The molecule has 35 heavy (non-hydrogen) atoms. The fourth-order valence-electron chi connectivity index (χ4n) is 5.55. The van der Waals surface area contributed by atoms with E-state index in [4.69, 9.17) is 14.2 Å². The number of likely N-dealkylation sites (N-methyl/N-ethyl adjacent to an activating group) is 1. The number of hydrogen-bond donors (Lipinski definition) is 0. The van der Waals surface area contributed by atoms with E-state index in [-0.39, 0.29) is 11.2 Å². The van der Waals surface area contributed by atoms with Gasteiger partial charge in [-0.2, -0.15) is 0 Å². The number of fused-ring (bicyclic) bond motifs is 2. The Hall–Kier alpha value is -3.41. The van der Waals surface area contributed by atoms with Crippen LogP contribution in [0.15, 0.2) is 72.8 Å². The molecular formula is C30H31NO4. The highest BCUT2D eigenvalue weighted by Gasteiger charge is 2.57. The van der Waals surface area contributed by atoms with Gasteiger partial charge in [0, 0.05) is 43.6 Å². The zero-order valence-electron chi connectivity index (χ0n) is 21.1. The summed E-state index contributed by atoms with van der Waals surface area (Å²) in [5.41, 5.74) is 4.64. The first kappa shape index (κ1) is 23.3. The Bertz CT molecular complexity index is 1320. The van der Waals surface area contributed by atoms with E-state index < -0.39 is 11.5 Å². The Morgan fingerprint density at radius 3 is 2.37 bits per heavy atom. The SMILES string of the molecule is COC(OC)(C(=O)c1ccc2c(c1)C=CC1(O2)N(C)c2ccc(C)cc2C1(C)C)c1ccccc1. The Balaban J connectivity index is 1.53. The van der Waals surface area contributed by atoms with Crippen molar-refractivity contribution < 1.29 is 19.0 Å². The van der Waals surface area contributed by atoms with Crippen molar-refractivity contribution in [3.8, 4) is 5.75 Å². The molecule has 0 amide bonds. The van der Waals surface area contributed by atoms with Gasteiger partial charge < -0.3 is 19.1 Å². The van der Waals surface area contributed by atoms with Gasteiger partial charge in [-0.05, 0) is 62.8 Å². The minimum absolute atomic E-state index is 0.272. The van der Waals surface area contributed by atoms with E-state index in [2.05, 4.69) is 63.1 Å². The van der Waals surface area contributed by atoms with E-state index in [0.717, 1.165) is 17.0 Å². The highest BCUT2D eigenvalue weighted by Crippen LogP contribution is 2.54. The molecule has 0 aliphatic carbocycles. The summed E-state index contributed by atoms with van der Waals surface area (Å²) >= 11 is 0. The fraction of sp³-hybridized carbons (Fsp3) is 0.300. The van der Waals surface area contributed by atoms with Crippen LogP contribution in [0.2, 0.25) is 0 Å². The van der Waals surface area contributed by atoms with Crippen molar-refractivity contribution in [3.05, 3.63) is 101 Å². The highest BCUT2D eigenvalue weighted by molar-refractivity contribution is 6.02. The smallest absolute Gasteiger partial charge is 0.260 e. The van der Waals surface area contributed by atoms with Gasteiger partial charge >= 0.3 is 0 Å². The van der Waals surface area contributed by atoms with E-state index in [1.165, 1.54) is 25.3 Å². The predicted molar refractivity (Wildman–Crippen MR) is 138 cm³/mol. The predicted octanol–water partition coefficient (Wildman–Crippen LogP) is 5.85. The van der Waals surface area contributed by atoms with Crippen molar-refractivity contribution in [2.45, 2.75) is 37.7 Å². The van der Waals surface area contributed by atoms with Crippen LogP contribution >= 0.6 is 0 Å². The van der Waals surface area contributed by atoms with Crippen LogP contribution in [-0.2, 0) is 20.7 Å². The molecule has 3 aromatic rings. The number of aryl methyl sites for hydroxylation is 1. The average molecular weight is 470 g/mol. The summed E-state index contributed by atoms with van der Waals surface area (Å²) in [6.07, 6.45) is 4.16. The van der Waals surface area contributed by atoms with Gasteiger partial charge in [0.2, 0.25) is 11.5 Å². The van der Waals surface area contributed by atoms with Gasteiger partial charge in [0.15, 0.2) is 0 Å². The topological polar surface area (TPSA) is 48.0 Å². The minimum atomic E-state index is -1.52. The second-order valence-corrected chi connectivity index (χ2v) is 9.81. The van der Waals surface area contributed by atoms with Crippen molar-refractivity contribution in [1.29, 1.82) is 0 Å². The van der Waals surface area contributed by atoms with Gasteiger partial charge in [-0.1, -0.05) is 48.0 Å². The maximum atomic E-state index is 13.7. The van der Waals surface area contributed by atoms with Crippen molar-refractivity contribution >= 4 is 17.5 Å². The van der Waals surface area contributed by atoms with Crippen LogP contribution in [0.5, 0.6) is 5.75 Å². The Morgan fingerprint density at radius 2 is 1.69 bits per heavy atom. The summed E-state index contributed by atoms with van der Waals surface area (Å²) in [7, 11) is 5.04. The molecule has 0 aromatic heterocycles. The average Bonchev–Trinajstić information content (AvgIpc) is 3.03. The molecule has 2 heterocycles. The lowest BCUT2D eigenvalue weighted by Gasteiger charge is -2.45. The van der Waals surface area contributed by atoms with Crippen LogP contribution in [0.4, 0.5) is 5.69 Å². The number of ether oxygens (including phenoxy) is 3. The fourth-order valence-corrected chi connectivity index (χ4v) is 5.55. The molecule has 180 valence electrons. The Labute approximate surface area is 206 Å². The first-order chi connectivity index (χ1) is 16.7. The van der Waals surface area contributed by atoms with E-state index in [9.17, 15) is 4.79 Å². The van der Waals surface area contributed by atoms with Gasteiger partial charge in [-0.25, -0.2) is 0 Å². The molecule has 5 heteroatoms. The lowest BCUT2D eigenvalue weighted by molar-refractivity contribution is -0.176. The summed E-state index contributed by atoms with van der Waals surface area (Å²) in [5.74, 6) is -1.07. The van der Waals surface area contributed by atoms with E-state index in [0.29, 0.717) is 11.1 Å². The molecule has 1 unspecified atom stereocenters. The van der Waals surface area contributed by atoms with Crippen LogP contribution in [0.25, 0.3) is 6.08 Å². The molecule has 2 aliphatic heterocycles. The quantitative estimate of drug-likeness (QED) is 0.346. The molecule has 3 aromatic carbocycles. The van der Waals surface area contributed by atoms with Gasteiger partial charge in [0.05, 0.1) is 5.41 Å². The number of anilines is 1. The third-order valence-electron chi connectivity index (χ3n) is 7.63. The molecule has 0 fully saturated rings. The summed E-state index contributed by atoms with van der Waals surface area (Å²) in [4.78, 5) is 15.9. The lowest BCUT2D eigenvalue weighted by atomic mass is 9.76. The molecule has 1 atom stereocenters. The molecule has 5 rings (SSSR count). The molecule has 0 bridgehead atoms. The van der Waals surface area contributed by atoms with Crippen LogP contribution < -0.4 is 9.64 Å². The lowest BCUT2D eigenvalue weighted by Crippen LogP contribution is -2.58. The molecule has 5 nitrogen and oxygen atoms in total. The highest BCUT2D eigenvalue weighted by atomic mass is 16.7. The number of carbonyl (C=O) groups is 1. The number of nitrogens with zero attached hydrogens (tertiary/aromatic N) is 1. The maximum Gasteiger partial charge on any atom is 0.260 e. The number of benzene rings is 3. The first-order valence-electron chi connectivity index (χ1n) is 11.8. The van der Waals surface area contributed by atoms with Crippen LogP contribution in [0.3, 0.4) is 0 Å². The number of hydrogen-bond acceptors (Lipinski definition) is 5. The van der Waals surface area contributed by atoms with Crippen LogP contribution in [-0.4, -0.2) is 32.8 Å². The zero-order valence-corrected chi connectivity index (χ0v) is 21.1. The summed E-state index contributed by atoms with van der Waals surface area (Å²) in [6.45, 7) is 6.54.